The number of morpholine rings is 1. The van der Waals surface area contributed by atoms with Crippen LogP contribution in [0.5, 0.6) is 0 Å². The first-order valence-electron chi connectivity index (χ1n) is 6.35. The van der Waals surface area contributed by atoms with E-state index in [9.17, 15) is 0 Å². The van der Waals surface area contributed by atoms with E-state index in [1.807, 2.05) is 13.8 Å². The van der Waals surface area contributed by atoms with Gasteiger partial charge in [-0.2, -0.15) is 0 Å². The smallest absolute Gasteiger partial charge is 0.121 e. The molecule has 0 aliphatic carbocycles. The Hall–Kier alpha value is -1.03. The van der Waals surface area contributed by atoms with E-state index >= 15 is 0 Å². The topological polar surface area (TPSA) is 50.8 Å². The van der Waals surface area contributed by atoms with Gasteiger partial charge < -0.3 is 15.4 Å². The van der Waals surface area contributed by atoms with E-state index in [-0.39, 0.29) is 12.2 Å². The van der Waals surface area contributed by atoms with Crippen molar-refractivity contribution in [1.29, 1.82) is 0 Å². The average molecular weight is 239 g/mol. The molecule has 0 radical (unpaired) electrons. The molecule has 2 unspecified atom stereocenters. The third kappa shape index (κ3) is 4.04. The third-order valence-electron chi connectivity index (χ3n) is 3.00. The third-order valence-corrected chi connectivity index (χ3v) is 3.00. The molecular weight excluding hydrogens is 214 g/mol. The highest BCUT2D eigenvalue weighted by molar-refractivity contribution is 5.82. The Labute approximate surface area is 105 Å². The second-order valence-electron chi connectivity index (χ2n) is 4.83. The molecular formula is C13H25N3O. The van der Waals surface area contributed by atoms with Gasteiger partial charge in [-0.25, -0.2) is 0 Å². The van der Waals surface area contributed by atoms with Gasteiger partial charge in [0.05, 0.1) is 17.9 Å². The Bertz CT molecular complexity index is 313. The fourth-order valence-corrected chi connectivity index (χ4v) is 2.03. The van der Waals surface area contributed by atoms with Crippen LogP contribution in [0.4, 0.5) is 0 Å². The lowest BCUT2D eigenvalue weighted by molar-refractivity contribution is -0.0584. The van der Waals surface area contributed by atoms with Crippen molar-refractivity contribution in [3.8, 4) is 0 Å². The van der Waals surface area contributed by atoms with E-state index < -0.39 is 0 Å². The zero-order valence-corrected chi connectivity index (χ0v) is 11.7. The first-order chi connectivity index (χ1) is 7.93. The number of nitrogens with two attached hydrogens (primary N) is 1. The second-order valence-corrected chi connectivity index (χ2v) is 4.83. The number of nitrogens with zero attached hydrogens (tertiary/aromatic N) is 2. The fourth-order valence-electron chi connectivity index (χ4n) is 2.03. The van der Waals surface area contributed by atoms with Crippen LogP contribution in [0.25, 0.3) is 0 Å². The lowest BCUT2D eigenvalue weighted by Gasteiger charge is -2.37. The monoisotopic (exact) mass is 239 g/mol. The summed E-state index contributed by atoms with van der Waals surface area (Å²) in [5.74, 6) is 0.778. The zero-order valence-electron chi connectivity index (χ0n) is 11.7. The molecule has 98 valence electrons. The van der Waals surface area contributed by atoms with Crippen molar-refractivity contribution >= 4 is 5.71 Å². The number of rotatable bonds is 3. The summed E-state index contributed by atoms with van der Waals surface area (Å²) >= 11 is 0. The Morgan fingerprint density at radius 3 is 2.29 bits per heavy atom. The molecule has 0 aromatic rings. The number of ether oxygens (including phenoxy) is 1. The Morgan fingerprint density at radius 1 is 1.29 bits per heavy atom. The average Bonchev–Trinajstić information content (AvgIpc) is 2.26. The molecule has 1 heterocycles. The van der Waals surface area contributed by atoms with E-state index in [0.29, 0.717) is 0 Å². The normalized spacial score (nSPS) is 28.1. The molecule has 4 nitrogen and oxygen atoms in total. The van der Waals surface area contributed by atoms with Crippen molar-refractivity contribution in [2.24, 2.45) is 10.7 Å². The maximum atomic E-state index is 6.16. The molecule has 1 fully saturated rings. The summed E-state index contributed by atoms with van der Waals surface area (Å²) in [7, 11) is 0. The van der Waals surface area contributed by atoms with Crippen LogP contribution in [0.3, 0.4) is 0 Å². The van der Waals surface area contributed by atoms with Crippen LogP contribution in [0.1, 0.15) is 41.0 Å². The van der Waals surface area contributed by atoms with E-state index in [1.165, 1.54) is 0 Å². The van der Waals surface area contributed by atoms with Crippen LogP contribution in [-0.4, -0.2) is 35.9 Å². The summed E-state index contributed by atoms with van der Waals surface area (Å²) < 4.78 is 5.69. The molecule has 0 spiro atoms. The van der Waals surface area contributed by atoms with Crippen LogP contribution in [0, 0.1) is 0 Å². The highest BCUT2D eigenvalue weighted by Gasteiger charge is 2.23. The number of aliphatic imine (C=N–C) groups is 1. The molecule has 17 heavy (non-hydrogen) atoms. The van der Waals surface area contributed by atoms with Crippen LogP contribution in [-0.2, 0) is 4.74 Å². The van der Waals surface area contributed by atoms with Crippen LogP contribution in [0.15, 0.2) is 16.5 Å². The van der Waals surface area contributed by atoms with Gasteiger partial charge in [0.1, 0.15) is 5.82 Å². The van der Waals surface area contributed by atoms with Gasteiger partial charge in [0.2, 0.25) is 0 Å². The fraction of sp³-hybridized carbons (Fsp3) is 0.769. The minimum absolute atomic E-state index is 0.223. The van der Waals surface area contributed by atoms with Gasteiger partial charge in [-0.15, -0.1) is 0 Å². The highest BCUT2D eigenvalue weighted by atomic mass is 16.5. The van der Waals surface area contributed by atoms with E-state index in [0.717, 1.165) is 36.7 Å². The summed E-state index contributed by atoms with van der Waals surface area (Å²) in [6.07, 6.45) is 1.41. The molecule has 0 aromatic heterocycles. The lowest BCUT2D eigenvalue weighted by atomic mass is 10.2. The summed E-state index contributed by atoms with van der Waals surface area (Å²) in [6, 6.07) is 0. The highest BCUT2D eigenvalue weighted by Crippen LogP contribution is 2.16. The van der Waals surface area contributed by atoms with Gasteiger partial charge in [0, 0.05) is 18.8 Å². The van der Waals surface area contributed by atoms with Gasteiger partial charge in [0.15, 0.2) is 0 Å². The van der Waals surface area contributed by atoms with Crippen LogP contribution < -0.4 is 5.73 Å². The van der Waals surface area contributed by atoms with Crippen molar-refractivity contribution < 1.29 is 4.74 Å². The molecule has 1 rings (SSSR count). The molecule has 2 atom stereocenters. The number of allylic oxidation sites excluding steroid dienone is 1. The van der Waals surface area contributed by atoms with Crippen LogP contribution >= 0.6 is 0 Å². The van der Waals surface area contributed by atoms with E-state index in [4.69, 9.17) is 10.5 Å². The van der Waals surface area contributed by atoms with Gasteiger partial charge in [-0.05, 0) is 34.1 Å². The second kappa shape index (κ2) is 6.05. The Kier molecular flexibility index (Phi) is 5.00. The SMILES string of the molecule is CCC(C)=N/C(C)=C(\N)N1CC(C)OC(C)C1. The molecule has 0 saturated carbocycles. The van der Waals surface area contributed by atoms with Gasteiger partial charge in [-0.1, -0.05) is 6.92 Å². The van der Waals surface area contributed by atoms with Crippen molar-refractivity contribution in [1.82, 2.24) is 4.90 Å². The summed E-state index contributed by atoms with van der Waals surface area (Å²) in [4.78, 5) is 6.68. The van der Waals surface area contributed by atoms with Gasteiger partial charge in [0.25, 0.3) is 0 Å². The van der Waals surface area contributed by atoms with E-state index in [2.05, 4.69) is 30.7 Å². The molecule has 4 heteroatoms. The Balaban J connectivity index is 2.80. The molecule has 1 saturated heterocycles. The minimum Gasteiger partial charge on any atom is -0.384 e. The predicted molar refractivity (Wildman–Crippen MR) is 71.9 cm³/mol. The summed E-state index contributed by atoms with van der Waals surface area (Å²) in [6.45, 7) is 11.9. The van der Waals surface area contributed by atoms with Crippen molar-refractivity contribution in [3.63, 3.8) is 0 Å². The van der Waals surface area contributed by atoms with Crippen molar-refractivity contribution in [2.45, 2.75) is 53.2 Å². The standard InChI is InChI=1S/C13H25N3O/c1-6-9(2)15-12(5)13(14)16-7-10(3)17-11(4)8-16/h10-11H,6-8,14H2,1-5H3/b13-12+,15-9?. The molecule has 2 N–H and O–H groups in total. The molecule has 1 aliphatic rings. The van der Waals surface area contributed by atoms with Crippen molar-refractivity contribution in [3.05, 3.63) is 11.5 Å². The first-order valence-corrected chi connectivity index (χ1v) is 6.35. The minimum atomic E-state index is 0.223. The van der Waals surface area contributed by atoms with Gasteiger partial charge >= 0.3 is 0 Å². The van der Waals surface area contributed by atoms with Crippen LogP contribution in [0.2, 0.25) is 0 Å². The summed E-state index contributed by atoms with van der Waals surface area (Å²) in [5, 5.41) is 0. The van der Waals surface area contributed by atoms with Gasteiger partial charge in [-0.3, -0.25) is 4.99 Å². The maximum absolute atomic E-state index is 6.16. The molecule has 0 bridgehead atoms. The lowest BCUT2D eigenvalue weighted by Crippen LogP contribution is -2.46. The first kappa shape index (κ1) is 14.0. The van der Waals surface area contributed by atoms with E-state index in [1.54, 1.807) is 0 Å². The molecule has 0 aromatic carbocycles. The summed E-state index contributed by atoms with van der Waals surface area (Å²) in [5.41, 5.74) is 8.18. The Morgan fingerprint density at radius 2 is 1.82 bits per heavy atom. The molecule has 0 amide bonds. The number of hydrogen-bond donors (Lipinski definition) is 1. The number of hydrogen-bond acceptors (Lipinski definition) is 4. The zero-order chi connectivity index (χ0) is 13.0. The molecule has 1 aliphatic heterocycles. The van der Waals surface area contributed by atoms with Crippen molar-refractivity contribution in [2.75, 3.05) is 13.1 Å². The quantitative estimate of drug-likeness (QED) is 0.767. The maximum Gasteiger partial charge on any atom is 0.121 e. The predicted octanol–water partition coefficient (Wildman–Crippen LogP) is 2.11. The largest absolute Gasteiger partial charge is 0.384 e.